The second-order valence-electron chi connectivity index (χ2n) is 7.17. The SMILES string of the molecule is CCOc1ccccc1/C=C/C(=O)OC(C)C(=O)Nc1ccc(S(=O)(=O)NC(C)C)cc1. The van der Waals surface area contributed by atoms with Crippen molar-refractivity contribution < 1.29 is 27.5 Å². The summed E-state index contributed by atoms with van der Waals surface area (Å²) in [6, 6.07) is 12.7. The van der Waals surface area contributed by atoms with E-state index in [2.05, 4.69) is 10.0 Å². The van der Waals surface area contributed by atoms with Crippen molar-refractivity contribution in [3.8, 4) is 5.75 Å². The van der Waals surface area contributed by atoms with Crippen molar-refractivity contribution in [3.63, 3.8) is 0 Å². The number of ether oxygens (including phenoxy) is 2. The highest BCUT2D eigenvalue weighted by molar-refractivity contribution is 7.89. The molecule has 32 heavy (non-hydrogen) atoms. The topological polar surface area (TPSA) is 111 Å². The summed E-state index contributed by atoms with van der Waals surface area (Å²) in [4.78, 5) is 24.5. The standard InChI is InChI=1S/C23H28N2O6S/c1-5-30-21-9-7-6-8-18(21)10-15-22(26)31-17(4)23(27)24-19-11-13-20(14-12-19)32(28,29)25-16(2)3/h6-17,25H,5H2,1-4H3,(H,24,27)/b15-10+. The molecule has 8 nitrogen and oxygen atoms in total. The number of nitrogens with one attached hydrogen (secondary N) is 2. The first-order valence-corrected chi connectivity index (χ1v) is 11.6. The molecular formula is C23H28N2O6S. The Morgan fingerprint density at radius 2 is 1.69 bits per heavy atom. The lowest BCUT2D eigenvalue weighted by Gasteiger charge is -2.13. The number of para-hydroxylation sites is 1. The molecule has 0 heterocycles. The van der Waals surface area contributed by atoms with Crippen LogP contribution in [0, 0.1) is 0 Å². The van der Waals surface area contributed by atoms with Crippen molar-refractivity contribution in [2.24, 2.45) is 0 Å². The first-order chi connectivity index (χ1) is 15.1. The molecule has 1 atom stereocenters. The highest BCUT2D eigenvalue weighted by atomic mass is 32.2. The minimum atomic E-state index is -3.62. The summed E-state index contributed by atoms with van der Waals surface area (Å²) in [7, 11) is -3.62. The fourth-order valence-corrected chi connectivity index (χ4v) is 3.92. The Hall–Kier alpha value is -3.17. The maximum atomic E-state index is 12.3. The van der Waals surface area contributed by atoms with Crippen molar-refractivity contribution in [1.29, 1.82) is 0 Å². The quantitative estimate of drug-likeness (QED) is 0.416. The molecule has 2 rings (SSSR count). The Kier molecular flexibility index (Phi) is 8.98. The predicted molar refractivity (Wildman–Crippen MR) is 123 cm³/mol. The average Bonchev–Trinajstić information content (AvgIpc) is 2.72. The van der Waals surface area contributed by atoms with Gasteiger partial charge in [0.2, 0.25) is 10.0 Å². The van der Waals surface area contributed by atoms with Gasteiger partial charge in [0, 0.05) is 23.4 Å². The predicted octanol–water partition coefficient (Wildman–Crippen LogP) is 3.36. The third-order valence-corrected chi connectivity index (χ3v) is 5.78. The second kappa shape index (κ2) is 11.4. The van der Waals surface area contributed by atoms with E-state index in [0.717, 1.165) is 0 Å². The van der Waals surface area contributed by atoms with Crippen LogP contribution in [0.5, 0.6) is 5.75 Å². The van der Waals surface area contributed by atoms with Gasteiger partial charge in [-0.3, -0.25) is 4.79 Å². The lowest BCUT2D eigenvalue weighted by molar-refractivity contribution is -0.148. The zero-order valence-corrected chi connectivity index (χ0v) is 19.3. The maximum absolute atomic E-state index is 12.3. The zero-order chi connectivity index (χ0) is 23.7. The molecule has 0 saturated carbocycles. The maximum Gasteiger partial charge on any atom is 0.331 e. The summed E-state index contributed by atoms with van der Waals surface area (Å²) in [5, 5.41) is 2.59. The molecule has 0 fully saturated rings. The van der Waals surface area contributed by atoms with Gasteiger partial charge in [-0.05, 0) is 64.1 Å². The van der Waals surface area contributed by atoms with E-state index in [9.17, 15) is 18.0 Å². The van der Waals surface area contributed by atoms with E-state index in [-0.39, 0.29) is 10.9 Å². The minimum absolute atomic E-state index is 0.0844. The monoisotopic (exact) mass is 460 g/mol. The molecular weight excluding hydrogens is 432 g/mol. The van der Waals surface area contributed by atoms with E-state index in [4.69, 9.17) is 9.47 Å². The molecule has 9 heteroatoms. The highest BCUT2D eigenvalue weighted by Crippen LogP contribution is 2.19. The summed E-state index contributed by atoms with van der Waals surface area (Å²) >= 11 is 0. The van der Waals surface area contributed by atoms with Gasteiger partial charge in [0.25, 0.3) is 5.91 Å². The van der Waals surface area contributed by atoms with Crippen LogP contribution in [0.25, 0.3) is 6.08 Å². The number of anilines is 1. The lowest BCUT2D eigenvalue weighted by Crippen LogP contribution is -2.30. The second-order valence-corrected chi connectivity index (χ2v) is 8.89. The summed E-state index contributed by atoms with van der Waals surface area (Å²) in [5.41, 5.74) is 1.09. The Morgan fingerprint density at radius 3 is 2.31 bits per heavy atom. The molecule has 0 aliphatic carbocycles. The van der Waals surface area contributed by atoms with Crippen molar-refractivity contribution in [2.75, 3.05) is 11.9 Å². The zero-order valence-electron chi connectivity index (χ0n) is 18.5. The molecule has 2 aromatic rings. The minimum Gasteiger partial charge on any atom is -0.493 e. The van der Waals surface area contributed by atoms with Crippen LogP contribution < -0.4 is 14.8 Å². The van der Waals surface area contributed by atoms with Gasteiger partial charge in [-0.2, -0.15) is 0 Å². The van der Waals surface area contributed by atoms with Crippen LogP contribution in [0.3, 0.4) is 0 Å². The van der Waals surface area contributed by atoms with Crippen molar-refractivity contribution >= 4 is 33.7 Å². The number of hydrogen-bond acceptors (Lipinski definition) is 6. The van der Waals surface area contributed by atoms with Crippen molar-refractivity contribution in [1.82, 2.24) is 4.72 Å². The Balaban J connectivity index is 1.95. The Bertz CT molecular complexity index is 1060. The molecule has 1 amide bonds. The van der Waals surface area contributed by atoms with E-state index in [0.29, 0.717) is 23.6 Å². The Labute approximate surface area is 188 Å². The number of carbonyl (C=O) groups excluding carboxylic acids is 2. The summed E-state index contributed by atoms with van der Waals surface area (Å²) in [6.07, 6.45) is 1.73. The molecule has 0 bridgehead atoms. The van der Waals surface area contributed by atoms with Crippen LogP contribution in [-0.2, 0) is 24.3 Å². The first kappa shape index (κ1) is 25.1. The van der Waals surface area contributed by atoms with E-state index in [1.54, 1.807) is 32.1 Å². The normalized spacial score (nSPS) is 12.5. The first-order valence-electron chi connectivity index (χ1n) is 10.2. The fraction of sp³-hybridized carbons (Fsp3) is 0.304. The van der Waals surface area contributed by atoms with E-state index < -0.39 is 28.0 Å². The number of sulfonamides is 1. The third kappa shape index (κ3) is 7.51. The molecule has 172 valence electrons. The molecule has 2 N–H and O–H groups in total. The van der Waals surface area contributed by atoms with Crippen molar-refractivity contribution in [3.05, 3.63) is 60.2 Å². The molecule has 0 aliphatic rings. The van der Waals surface area contributed by atoms with Gasteiger partial charge >= 0.3 is 5.97 Å². The smallest absolute Gasteiger partial charge is 0.331 e. The molecule has 0 saturated heterocycles. The number of esters is 1. The highest BCUT2D eigenvalue weighted by Gasteiger charge is 2.18. The average molecular weight is 461 g/mol. The van der Waals surface area contributed by atoms with E-state index in [1.807, 2.05) is 19.1 Å². The van der Waals surface area contributed by atoms with Crippen LogP contribution in [0.1, 0.15) is 33.3 Å². The van der Waals surface area contributed by atoms with Crippen LogP contribution in [0.2, 0.25) is 0 Å². The van der Waals surface area contributed by atoms with Gasteiger partial charge in [0.15, 0.2) is 6.10 Å². The van der Waals surface area contributed by atoms with Gasteiger partial charge in [-0.1, -0.05) is 18.2 Å². The van der Waals surface area contributed by atoms with Gasteiger partial charge in [-0.25, -0.2) is 17.9 Å². The molecule has 0 radical (unpaired) electrons. The molecule has 0 aliphatic heterocycles. The summed E-state index contributed by atoms with van der Waals surface area (Å²) in [5.74, 6) is -0.587. The van der Waals surface area contributed by atoms with E-state index >= 15 is 0 Å². The number of rotatable bonds is 10. The molecule has 0 spiro atoms. The van der Waals surface area contributed by atoms with Crippen LogP contribution in [-0.4, -0.2) is 39.0 Å². The van der Waals surface area contributed by atoms with Crippen LogP contribution in [0.15, 0.2) is 59.5 Å². The number of amides is 1. The van der Waals surface area contributed by atoms with E-state index in [1.165, 1.54) is 37.3 Å². The summed E-state index contributed by atoms with van der Waals surface area (Å²) in [6.45, 7) is 7.25. The van der Waals surface area contributed by atoms with Crippen LogP contribution in [0.4, 0.5) is 5.69 Å². The third-order valence-electron chi connectivity index (χ3n) is 4.10. The molecule has 0 aromatic heterocycles. The van der Waals surface area contributed by atoms with Gasteiger partial charge in [0.1, 0.15) is 5.75 Å². The van der Waals surface area contributed by atoms with Gasteiger partial charge in [0.05, 0.1) is 11.5 Å². The van der Waals surface area contributed by atoms with Gasteiger partial charge < -0.3 is 14.8 Å². The lowest BCUT2D eigenvalue weighted by atomic mass is 10.2. The number of benzene rings is 2. The van der Waals surface area contributed by atoms with Crippen LogP contribution >= 0.6 is 0 Å². The number of carbonyl (C=O) groups is 2. The van der Waals surface area contributed by atoms with Crippen molar-refractivity contribution in [2.45, 2.75) is 44.7 Å². The fourth-order valence-electron chi connectivity index (χ4n) is 2.67. The number of hydrogen-bond donors (Lipinski definition) is 2. The summed E-state index contributed by atoms with van der Waals surface area (Å²) < 4.78 is 37.4. The van der Waals surface area contributed by atoms with Gasteiger partial charge in [-0.15, -0.1) is 0 Å². The Morgan fingerprint density at radius 1 is 1.03 bits per heavy atom. The molecule has 1 unspecified atom stereocenters. The largest absolute Gasteiger partial charge is 0.493 e. The molecule has 2 aromatic carbocycles.